The summed E-state index contributed by atoms with van der Waals surface area (Å²) >= 11 is 0. The van der Waals surface area contributed by atoms with E-state index in [9.17, 15) is 4.79 Å². The molecule has 1 fully saturated rings. The van der Waals surface area contributed by atoms with Crippen molar-refractivity contribution in [2.75, 3.05) is 0 Å². The van der Waals surface area contributed by atoms with Gasteiger partial charge in [0.15, 0.2) is 0 Å². The highest BCUT2D eigenvalue weighted by molar-refractivity contribution is 5.93. The lowest BCUT2D eigenvalue weighted by Crippen LogP contribution is -2.08. The van der Waals surface area contributed by atoms with Crippen molar-refractivity contribution in [2.45, 2.75) is 12.0 Å². The molecule has 1 aliphatic heterocycles. The van der Waals surface area contributed by atoms with Gasteiger partial charge in [0.05, 0.1) is 11.4 Å². The Kier molecular flexibility index (Phi) is 3.19. The summed E-state index contributed by atoms with van der Waals surface area (Å²) in [5, 5.41) is 1.00. The van der Waals surface area contributed by atoms with Gasteiger partial charge in [-0.05, 0) is 17.7 Å². The topological polar surface area (TPSA) is 39.2 Å². The van der Waals surface area contributed by atoms with Crippen LogP contribution in [0.3, 0.4) is 0 Å². The number of aromatic nitrogens is 1. The summed E-state index contributed by atoms with van der Waals surface area (Å²) < 4.78 is 5.67. The highest BCUT2D eigenvalue weighted by atomic mass is 16.6. The number of benzene rings is 2. The number of carbonyl (C=O) groups excluding carboxylic acids is 1. The molecule has 0 bridgehead atoms. The van der Waals surface area contributed by atoms with Crippen LogP contribution in [0.1, 0.15) is 23.1 Å². The van der Waals surface area contributed by atoms with Crippen molar-refractivity contribution in [1.29, 1.82) is 0 Å². The number of pyridine rings is 1. The van der Waals surface area contributed by atoms with Crippen LogP contribution in [0, 0.1) is 0 Å². The molecule has 1 saturated heterocycles. The monoisotopic (exact) mass is 301 g/mol. The number of hydrogen-bond donors (Lipinski definition) is 0. The van der Waals surface area contributed by atoms with Crippen LogP contribution >= 0.6 is 0 Å². The summed E-state index contributed by atoms with van der Waals surface area (Å²) in [7, 11) is 0. The van der Waals surface area contributed by atoms with Crippen LogP contribution in [0.4, 0.5) is 0 Å². The number of cyclic esters (lactones) is 1. The molecule has 0 saturated carbocycles. The first-order valence-electron chi connectivity index (χ1n) is 7.54. The molecule has 3 aromatic rings. The van der Waals surface area contributed by atoms with E-state index >= 15 is 0 Å². The third-order valence-electron chi connectivity index (χ3n) is 4.32. The molecule has 23 heavy (non-hydrogen) atoms. The Morgan fingerprint density at radius 3 is 2.52 bits per heavy atom. The molecule has 112 valence electrons. The van der Waals surface area contributed by atoms with Gasteiger partial charge in [0.2, 0.25) is 0 Å². The zero-order valence-electron chi connectivity index (χ0n) is 12.5. The fourth-order valence-electron chi connectivity index (χ4n) is 3.21. The Balaban J connectivity index is 1.89. The molecule has 3 heteroatoms. The fourth-order valence-corrected chi connectivity index (χ4v) is 3.21. The minimum absolute atomic E-state index is 0.172. The van der Waals surface area contributed by atoms with Crippen molar-refractivity contribution in [3.05, 3.63) is 90.1 Å². The maximum Gasteiger partial charge on any atom is 0.334 e. The Hall–Kier alpha value is -2.94. The molecule has 2 heterocycles. The van der Waals surface area contributed by atoms with Gasteiger partial charge in [0.25, 0.3) is 0 Å². The maximum atomic E-state index is 12.1. The normalized spacial score (nSPS) is 20.7. The molecule has 0 spiro atoms. The number of esters is 1. The molecule has 2 atom stereocenters. The number of carbonyl (C=O) groups is 1. The Bertz CT molecular complexity index is 896. The second-order valence-corrected chi connectivity index (χ2v) is 5.66. The highest BCUT2D eigenvalue weighted by Gasteiger charge is 2.41. The van der Waals surface area contributed by atoms with Crippen LogP contribution in [0.5, 0.6) is 0 Å². The summed E-state index contributed by atoms with van der Waals surface area (Å²) in [4.78, 5) is 16.5. The first-order valence-corrected chi connectivity index (χ1v) is 7.54. The Morgan fingerprint density at radius 1 is 0.957 bits per heavy atom. The van der Waals surface area contributed by atoms with E-state index in [1.165, 1.54) is 0 Å². The molecule has 4 rings (SSSR count). The van der Waals surface area contributed by atoms with Gasteiger partial charge in [-0.1, -0.05) is 55.1 Å². The average Bonchev–Trinajstić information content (AvgIpc) is 2.90. The van der Waals surface area contributed by atoms with E-state index < -0.39 is 0 Å². The fraction of sp³-hybridized carbons (Fsp3) is 0.100. The van der Waals surface area contributed by atoms with Crippen molar-refractivity contribution in [2.24, 2.45) is 0 Å². The third kappa shape index (κ3) is 2.21. The molecule has 1 aromatic heterocycles. The van der Waals surface area contributed by atoms with Crippen molar-refractivity contribution in [1.82, 2.24) is 4.98 Å². The van der Waals surface area contributed by atoms with E-state index in [1.807, 2.05) is 60.7 Å². The van der Waals surface area contributed by atoms with Gasteiger partial charge in [-0.25, -0.2) is 4.79 Å². The maximum absolute atomic E-state index is 12.1. The lowest BCUT2D eigenvalue weighted by atomic mass is 9.85. The SMILES string of the molecule is C=C1C(=O)O[C@H](c2ccnc3ccccc23)[C@@H]1c1ccccc1. The first-order chi connectivity index (χ1) is 11.3. The quantitative estimate of drug-likeness (QED) is 0.526. The van der Waals surface area contributed by atoms with E-state index in [4.69, 9.17) is 4.74 Å². The molecule has 1 aliphatic rings. The molecule has 0 radical (unpaired) electrons. The van der Waals surface area contributed by atoms with Gasteiger partial charge in [-0.15, -0.1) is 0 Å². The van der Waals surface area contributed by atoms with Crippen LogP contribution in [0.2, 0.25) is 0 Å². The lowest BCUT2D eigenvalue weighted by Gasteiger charge is -2.20. The van der Waals surface area contributed by atoms with E-state index in [0.29, 0.717) is 5.57 Å². The number of ether oxygens (including phenoxy) is 1. The average molecular weight is 301 g/mol. The van der Waals surface area contributed by atoms with Gasteiger partial charge in [-0.2, -0.15) is 0 Å². The van der Waals surface area contributed by atoms with Crippen molar-refractivity contribution in [3.63, 3.8) is 0 Å². The number of para-hydroxylation sites is 1. The molecule has 0 aliphatic carbocycles. The molecule has 2 aromatic carbocycles. The molecular weight excluding hydrogens is 286 g/mol. The zero-order chi connectivity index (χ0) is 15.8. The number of hydrogen-bond acceptors (Lipinski definition) is 3. The number of nitrogens with zero attached hydrogens (tertiary/aromatic N) is 1. The minimum Gasteiger partial charge on any atom is -0.453 e. The Labute approximate surface area is 134 Å². The van der Waals surface area contributed by atoms with Crippen LogP contribution in [0.25, 0.3) is 10.9 Å². The second-order valence-electron chi connectivity index (χ2n) is 5.66. The molecule has 0 amide bonds. The van der Waals surface area contributed by atoms with E-state index in [0.717, 1.165) is 22.0 Å². The van der Waals surface area contributed by atoms with Gasteiger partial charge in [0, 0.05) is 22.7 Å². The van der Waals surface area contributed by atoms with Crippen LogP contribution in [-0.2, 0) is 9.53 Å². The molecule has 0 unspecified atom stereocenters. The van der Waals surface area contributed by atoms with Gasteiger partial charge in [0.1, 0.15) is 6.10 Å². The number of rotatable bonds is 2. The minimum atomic E-state index is -0.370. The van der Waals surface area contributed by atoms with Gasteiger partial charge < -0.3 is 4.74 Å². The smallest absolute Gasteiger partial charge is 0.334 e. The van der Waals surface area contributed by atoms with Crippen LogP contribution < -0.4 is 0 Å². The van der Waals surface area contributed by atoms with Gasteiger partial charge in [-0.3, -0.25) is 4.98 Å². The summed E-state index contributed by atoms with van der Waals surface area (Å²) in [6.07, 6.45) is 1.39. The standard InChI is InChI=1S/C20H15NO2/c1-13-18(14-7-3-2-4-8-14)19(23-20(13)22)16-11-12-21-17-10-6-5-9-15(16)17/h2-12,18-19H,1H2/t18-,19+/m0/s1. The summed E-state index contributed by atoms with van der Waals surface area (Å²) in [5.74, 6) is -0.501. The van der Waals surface area contributed by atoms with E-state index in [2.05, 4.69) is 11.6 Å². The first kappa shape index (κ1) is 13.7. The van der Waals surface area contributed by atoms with Crippen LogP contribution in [0.15, 0.2) is 79.0 Å². The van der Waals surface area contributed by atoms with Crippen molar-refractivity contribution < 1.29 is 9.53 Å². The molecule has 3 nitrogen and oxygen atoms in total. The van der Waals surface area contributed by atoms with Crippen LogP contribution in [-0.4, -0.2) is 11.0 Å². The van der Waals surface area contributed by atoms with E-state index in [-0.39, 0.29) is 18.0 Å². The molecular formula is C20H15NO2. The zero-order valence-corrected chi connectivity index (χ0v) is 12.5. The predicted molar refractivity (Wildman–Crippen MR) is 88.9 cm³/mol. The summed E-state index contributed by atoms with van der Waals surface area (Å²) in [6.45, 7) is 3.96. The van der Waals surface area contributed by atoms with Crippen molar-refractivity contribution in [3.8, 4) is 0 Å². The molecule has 0 N–H and O–H groups in total. The number of fused-ring (bicyclic) bond motifs is 1. The summed E-state index contributed by atoms with van der Waals surface area (Å²) in [5.41, 5.74) is 3.40. The predicted octanol–water partition coefficient (Wildman–Crippen LogP) is 4.17. The largest absolute Gasteiger partial charge is 0.453 e. The highest BCUT2D eigenvalue weighted by Crippen LogP contribution is 2.46. The second kappa shape index (κ2) is 5.36. The Morgan fingerprint density at radius 2 is 1.70 bits per heavy atom. The van der Waals surface area contributed by atoms with Crippen molar-refractivity contribution >= 4 is 16.9 Å². The third-order valence-corrected chi connectivity index (χ3v) is 4.32. The van der Waals surface area contributed by atoms with E-state index in [1.54, 1.807) is 6.20 Å². The summed E-state index contributed by atoms with van der Waals surface area (Å²) in [6, 6.07) is 19.7. The lowest BCUT2D eigenvalue weighted by molar-refractivity contribution is -0.139. The van der Waals surface area contributed by atoms with Gasteiger partial charge >= 0.3 is 5.97 Å².